The van der Waals surface area contributed by atoms with Crippen molar-refractivity contribution in [3.8, 4) is 17.3 Å². The van der Waals surface area contributed by atoms with Crippen LogP contribution in [0.25, 0.3) is 22.4 Å². The minimum absolute atomic E-state index is 0.148. The second kappa shape index (κ2) is 5.17. The zero-order valence-corrected chi connectivity index (χ0v) is 13.2. The first-order chi connectivity index (χ1) is 11.6. The van der Waals surface area contributed by atoms with Crippen LogP contribution in [-0.4, -0.2) is 14.5 Å². The van der Waals surface area contributed by atoms with Gasteiger partial charge in [0.25, 0.3) is 5.56 Å². The van der Waals surface area contributed by atoms with Crippen molar-refractivity contribution < 1.29 is 0 Å². The number of nitrogen functional groups attached to an aromatic ring is 1. The molecule has 24 heavy (non-hydrogen) atoms. The molecule has 0 atom stereocenters. The maximum absolute atomic E-state index is 13.0. The lowest BCUT2D eigenvalue weighted by Gasteiger charge is -2.13. The van der Waals surface area contributed by atoms with Crippen molar-refractivity contribution in [3.63, 3.8) is 0 Å². The molecule has 0 bridgehead atoms. The SMILES string of the molecule is Cc1cc(N)c2nc(-c3cccc(C#N)c3)c(=O)n(C3CC3)c2n1. The molecule has 0 amide bonds. The van der Waals surface area contributed by atoms with Crippen LogP contribution in [0.4, 0.5) is 5.69 Å². The predicted molar refractivity (Wildman–Crippen MR) is 91.4 cm³/mol. The summed E-state index contributed by atoms with van der Waals surface area (Å²) < 4.78 is 1.71. The number of hydrogen-bond donors (Lipinski definition) is 1. The highest BCUT2D eigenvalue weighted by atomic mass is 16.1. The molecule has 3 aromatic rings. The smallest absolute Gasteiger partial charge is 0.279 e. The standard InChI is InChI=1S/C18H15N5O/c1-10-7-14(20)16-17(21-10)23(13-5-6-13)18(24)15(22-16)12-4-2-3-11(8-12)9-19/h2-4,7-8,13H,5-6H2,1H3,(H2,20,21). The van der Waals surface area contributed by atoms with E-state index in [9.17, 15) is 4.79 Å². The molecule has 6 nitrogen and oxygen atoms in total. The summed E-state index contributed by atoms with van der Waals surface area (Å²) in [5, 5.41) is 9.09. The number of nitrogens with zero attached hydrogens (tertiary/aromatic N) is 4. The molecule has 1 aromatic carbocycles. The summed E-state index contributed by atoms with van der Waals surface area (Å²) in [5.41, 5.74) is 9.70. The second-order valence-electron chi connectivity index (χ2n) is 6.08. The number of pyridine rings is 1. The van der Waals surface area contributed by atoms with Crippen molar-refractivity contribution in [2.75, 3.05) is 5.73 Å². The average molecular weight is 317 g/mol. The summed E-state index contributed by atoms with van der Waals surface area (Å²) in [6.07, 6.45) is 1.90. The third-order valence-corrected chi connectivity index (χ3v) is 4.18. The van der Waals surface area contributed by atoms with E-state index in [2.05, 4.69) is 16.0 Å². The van der Waals surface area contributed by atoms with Gasteiger partial charge in [-0.15, -0.1) is 0 Å². The van der Waals surface area contributed by atoms with E-state index in [-0.39, 0.29) is 11.6 Å². The molecule has 0 saturated heterocycles. The van der Waals surface area contributed by atoms with Crippen LogP contribution in [0.1, 0.15) is 30.1 Å². The normalized spacial score (nSPS) is 13.8. The van der Waals surface area contributed by atoms with Crippen molar-refractivity contribution in [2.45, 2.75) is 25.8 Å². The average Bonchev–Trinajstić information content (AvgIpc) is 3.39. The van der Waals surface area contributed by atoms with E-state index in [0.29, 0.717) is 33.7 Å². The minimum atomic E-state index is -0.183. The molecule has 0 spiro atoms. The lowest BCUT2D eigenvalue weighted by molar-refractivity contribution is 0.725. The van der Waals surface area contributed by atoms with Crippen LogP contribution in [0.5, 0.6) is 0 Å². The summed E-state index contributed by atoms with van der Waals surface area (Å²) in [4.78, 5) is 22.0. The number of benzene rings is 1. The Kier molecular flexibility index (Phi) is 3.10. The van der Waals surface area contributed by atoms with Gasteiger partial charge in [0.05, 0.1) is 17.3 Å². The monoisotopic (exact) mass is 317 g/mol. The van der Waals surface area contributed by atoms with Crippen LogP contribution in [0.2, 0.25) is 0 Å². The second-order valence-corrected chi connectivity index (χ2v) is 6.08. The third-order valence-electron chi connectivity index (χ3n) is 4.18. The molecule has 2 heterocycles. The summed E-state index contributed by atoms with van der Waals surface area (Å²) in [7, 11) is 0. The van der Waals surface area contributed by atoms with Crippen molar-refractivity contribution in [2.24, 2.45) is 0 Å². The molecule has 6 heteroatoms. The van der Waals surface area contributed by atoms with E-state index in [4.69, 9.17) is 11.0 Å². The Hall–Kier alpha value is -3.20. The van der Waals surface area contributed by atoms with Gasteiger partial charge in [-0.1, -0.05) is 12.1 Å². The number of hydrogen-bond acceptors (Lipinski definition) is 5. The van der Waals surface area contributed by atoms with E-state index in [1.165, 1.54) is 0 Å². The van der Waals surface area contributed by atoms with Gasteiger partial charge in [-0.05, 0) is 38.0 Å². The molecule has 1 aliphatic carbocycles. The van der Waals surface area contributed by atoms with E-state index >= 15 is 0 Å². The van der Waals surface area contributed by atoms with Crippen molar-refractivity contribution in [3.05, 3.63) is 51.9 Å². The first-order valence-corrected chi connectivity index (χ1v) is 7.78. The number of aryl methyl sites for hydroxylation is 1. The fourth-order valence-corrected chi connectivity index (χ4v) is 2.92. The number of rotatable bonds is 2. The van der Waals surface area contributed by atoms with Gasteiger partial charge in [-0.25, -0.2) is 9.97 Å². The minimum Gasteiger partial charge on any atom is -0.397 e. The number of fused-ring (bicyclic) bond motifs is 1. The molecule has 1 saturated carbocycles. The van der Waals surface area contributed by atoms with Gasteiger partial charge in [0, 0.05) is 17.3 Å². The number of anilines is 1. The quantitative estimate of drug-likeness (QED) is 0.783. The molecule has 118 valence electrons. The van der Waals surface area contributed by atoms with Crippen molar-refractivity contribution in [1.29, 1.82) is 5.26 Å². The summed E-state index contributed by atoms with van der Waals surface area (Å²) in [6, 6.07) is 10.9. The topological polar surface area (TPSA) is 97.6 Å². The van der Waals surface area contributed by atoms with E-state index in [1.807, 2.05) is 6.92 Å². The fourth-order valence-electron chi connectivity index (χ4n) is 2.92. The fraction of sp³-hybridized carbons (Fsp3) is 0.222. The van der Waals surface area contributed by atoms with E-state index in [0.717, 1.165) is 18.5 Å². The van der Waals surface area contributed by atoms with E-state index < -0.39 is 0 Å². The Bertz CT molecular complexity index is 1070. The number of nitrogens with two attached hydrogens (primary N) is 1. The van der Waals surface area contributed by atoms with Gasteiger partial charge < -0.3 is 5.73 Å². The van der Waals surface area contributed by atoms with Gasteiger partial charge in [-0.2, -0.15) is 5.26 Å². The molecular formula is C18H15N5O. The first kappa shape index (κ1) is 14.4. The molecule has 0 aliphatic heterocycles. The Morgan fingerprint density at radius 2 is 2.08 bits per heavy atom. The predicted octanol–water partition coefficient (Wildman–Crippen LogP) is 2.56. The van der Waals surface area contributed by atoms with Crippen LogP contribution in [0.3, 0.4) is 0 Å². The molecule has 0 radical (unpaired) electrons. The number of aromatic nitrogens is 3. The largest absolute Gasteiger partial charge is 0.397 e. The van der Waals surface area contributed by atoms with Crippen molar-refractivity contribution >= 4 is 16.9 Å². The van der Waals surface area contributed by atoms with E-state index in [1.54, 1.807) is 34.9 Å². The van der Waals surface area contributed by atoms with Gasteiger partial charge in [0.1, 0.15) is 11.2 Å². The van der Waals surface area contributed by atoms with Crippen LogP contribution in [-0.2, 0) is 0 Å². The Labute approximate surface area is 138 Å². The van der Waals surface area contributed by atoms with Crippen LogP contribution in [0, 0.1) is 18.3 Å². The van der Waals surface area contributed by atoms with Gasteiger partial charge in [0.2, 0.25) is 0 Å². The maximum Gasteiger partial charge on any atom is 0.279 e. The number of nitriles is 1. The first-order valence-electron chi connectivity index (χ1n) is 7.78. The lowest BCUT2D eigenvalue weighted by atomic mass is 10.1. The van der Waals surface area contributed by atoms with Gasteiger partial charge >= 0.3 is 0 Å². The summed E-state index contributed by atoms with van der Waals surface area (Å²) in [5.74, 6) is 0. The molecule has 0 unspecified atom stereocenters. The zero-order chi connectivity index (χ0) is 16.8. The Morgan fingerprint density at radius 3 is 2.79 bits per heavy atom. The molecular weight excluding hydrogens is 302 g/mol. The zero-order valence-electron chi connectivity index (χ0n) is 13.2. The Balaban J connectivity index is 2.09. The highest BCUT2D eigenvalue weighted by Crippen LogP contribution is 2.36. The highest BCUT2D eigenvalue weighted by molar-refractivity contribution is 5.86. The summed E-state index contributed by atoms with van der Waals surface area (Å²) in [6.45, 7) is 1.85. The maximum atomic E-state index is 13.0. The molecule has 1 fully saturated rings. The Morgan fingerprint density at radius 1 is 1.29 bits per heavy atom. The van der Waals surface area contributed by atoms with Crippen LogP contribution in [0.15, 0.2) is 35.1 Å². The van der Waals surface area contributed by atoms with Crippen LogP contribution < -0.4 is 11.3 Å². The van der Waals surface area contributed by atoms with Gasteiger partial charge in [0.15, 0.2) is 5.65 Å². The molecule has 1 aliphatic rings. The van der Waals surface area contributed by atoms with Crippen LogP contribution >= 0.6 is 0 Å². The third kappa shape index (κ3) is 2.22. The lowest BCUT2D eigenvalue weighted by Crippen LogP contribution is -2.24. The molecule has 4 rings (SSSR count). The van der Waals surface area contributed by atoms with Gasteiger partial charge in [-0.3, -0.25) is 9.36 Å². The summed E-state index contributed by atoms with van der Waals surface area (Å²) >= 11 is 0. The molecule has 2 N–H and O–H groups in total. The molecule has 2 aromatic heterocycles. The van der Waals surface area contributed by atoms with Crippen molar-refractivity contribution in [1.82, 2.24) is 14.5 Å². The highest BCUT2D eigenvalue weighted by Gasteiger charge is 2.29.